The Morgan fingerprint density at radius 3 is 2.08 bits per heavy atom. The molecule has 0 fully saturated rings. The molecule has 0 spiro atoms. The van der Waals surface area contributed by atoms with Crippen molar-refractivity contribution in [3.63, 3.8) is 0 Å². The molecule has 3 aromatic rings. The van der Waals surface area contributed by atoms with Gasteiger partial charge >= 0.3 is 0 Å². The Morgan fingerprint density at radius 2 is 1.48 bits per heavy atom. The maximum atomic E-state index is 12.1. The van der Waals surface area contributed by atoms with Gasteiger partial charge in [0.2, 0.25) is 0 Å². The number of hydrogen-bond donors (Lipinski definition) is 2. The minimum absolute atomic E-state index is 0.229. The predicted octanol–water partition coefficient (Wildman–Crippen LogP) is 4.65. The molecule has 1 heterocycles. The van der Waals surface area contributed by atoms with Crippen molar-refractivity contribution in [3.8, 4) is 0 Å². The molecule has 0 aliphatic rings. The number of halogens is 2. The first-order valence-electron chi connectivity index (χ1n) is 7.49. The zero-order chi connectivity index (χ0) is 17.6. The number of amides is 1. The Bertz CT molecular complexity index is 850. The number of nitrogens with zero attached hydrogens (tertiary/aromatic N) is 2. The summed E-state index contributed by atoms with van der Waals surface area (Å²) in [5.41, 5.74) is 1.93. The fourth-order valence-corrected chi connectivity index (χ4v) is 2.32. The van der Waals surface area contributed by atoms with Crippen LogP contribution in [0.1, 0.15) is 16.1 Å². The third-order valence-electron chi connectivity index (χ3n) is 3.39. The van der Waals surface area contributed by atoms with Crippen molar-refractivity contribution in [1.82, 2.24) is 10.2 Å². The van der Waals surface area contributed by atoms with Crippen LogP contribution >= 0.6 is 23.2 Å². The lowest BCUT2D eigenvalue weighted by atomic mass is 10.2. The molecule has 0 atom stereocenters. The molecule has 0 unspecified atom stereocenters. The van der Waals surface area contributed by atoms with Crippen molar-refractivity contribution < 1.29 is 4.79 Å². The van der Waals surface area contributed by atoms with Gasteiger partial charge in [0, 0.05) is 22.3 Å². The van der Waals surface area contributed by atoms with Gasteiger partial charge in [0.15, 0.2) is 5.69 Å². The molecule has 0 aliphatic heterocycles. The Labute approximate surface area is 155 Å². The molecule has 25 heavy (non-hydrogen) atoms. The second-order valence-corrected chi connectivity index (χ2v) is 6.12. The van der Waals surface area contributed by atoms with Gasteiger partial charge in [0.1, 0.15) is 5.82 Å². The van der Waals surface area contributed by atoms with Gasteiger partial charge in [-0.05, 0) is 54.1 Å². The van der Waals surface area contributed by atoms with Crippen LogP contribution in [0.2, 0.25) is 10.0 Å². The molecule has 0 saturated carbocycles. The van der Waals surface area contributed by atoms with Gasteiger partial charge in [-0.2, -0.15) is 0 Å². The molecule has 0 aliphatic carbocycles. The van der Waals surface area contributed by atoms with E-state index in [1.54, 1.807) is 36.4 Å². The molecule has 5 nitrogen and oxygen atoms in total. The predicted molar refractivity (Wildman–Crippen MR) is 100 cm³/mol. The number of carbonyl (C=O) groups is 1. The van der Waals surface area contributed by atoms with Gasteiger partial charge in [0.25, 0.3) is 5.91 Å². The second kappa shape index (κ2) is 7.96. The quantitative estimate of drug-likeness (QED) is 0.683. The molecule has 7 heteroatoms. The average Bonchev–Trinajstić information content (AvgIpc) is 2.63. The Morgan fingerprint density at radius 1 is 0.840 bits per heavy atom. The highest BCUT2D eigenvalue weighted by molar-refractivity contribution is 6.30. The Balaban J connectivity index is 1.58. The van der Waals surface area contributed by atoms with E-state index >= 15 is 0 Å². The maximum Gasteiger partial charge on any atom is 0.276 e. The number of anilines is 2. The van der Waals surface area contributed by atoms with Crippen molar-refractivity contribution in [2.45, 2.75) is 6.54 Å². The summed E-state index contributed by atoms with van der Waals surface area (Å²) in [4.78, 5) is 12.1. The lowest BCUT2D eigenvalue weighted by molar-refractivity contribution is 0.102. The maximum absolute atomic E-state index is 12.1. The van der Waals surface area contributed by atoms with Gasteiger partial charge in [-0.15, -0.1) is 10.2 Å². The van der Waals surface area contributed by atoms with Crippen molar-refractivity contribution in [2.75, 3.05) is 10.6 Å². The van der Waals surface area contributed by atoms with E-state index in [0.29, 0.717) is 28.1 Å². The van der Waals surface area contributed by atoms with Crippen LogP contribution in [0.25, 0.3) is 0 Å². The molecule has 1 aromatic heterocycles. The molecular weight excluding hydrogens is 359 g/mol. The molecule has 3 rings (SSSR count). The lowest BCUT2D eigenvalue weighted by Crippen LogP contribution is -2.14. The van der Waals surface area contributed by atoms with Crippen molar-refractivity contribution in [3.05, 3.63) is 82.0 Å². The number of aromatic nitrogens is 2. The highest BCUT2D eigenvalue weighted by Crippen LogP contribution is 2.15. The van der Waals surface area contributed by atoms with Crippen LogP contribution in [0.3, 0.4) is 0 Å². The van der Waals surface area contributed by atoms with E-state index in [1.165, 1.54) is 0 Å². The van der Waals surface area contributed by atoms with Crippen molar-refractivity contribution in [1.29, 1.82) is 0 Å². The van der Waals surface area contributed by atoms with Gasteiger partial charge in [-0.1, -0.05) is 35.3 Å². The summed E-state index contributed by atoms with van der Waals surface area (Å²) < 4.78 is 0. The molecule has 0 bridgehead atoms. The Kier molecular flexibility index (Phi) is 5.48. The van der Waals surface area contributed by atoms with E-state index in [-0.39, 0.29) is 11.6 Å². The molecule has 1 amide bonds. The van der Waals surface area contributed by atoms with Crippen LogP contribution < -0.4 is 10.6 Å². The van der Waals surface area contributed by atoms with E-state index in [9.17, 15) is 4.79 Å². The third kappa shape index (κ3) is 4.92. The molecule has 2 aromatic carbocycles. The topological polar surface area (TPSA) is 66.9 Å². The summed E-state index contributed by atoms with van der Waals surface area (Å²) in [6, 6.07) is 17.7. The van der Waals surface area contributed by atoms with Crippen LogP contribution in [0, 0.1) is 0 Å². The standard InChI is InChI=1S/C18H14Cl2N4O/c19-13-3-1-12(2-4-13)11-21-17-10-9-16(23-24-17)18(25)22-15-7-5-14(20)6-8-15/h1-10H,11H2,(H,21,24)(H,22,25). The Hall–Kier alpha value is -2.63. The minimum atomic E-state index is -0.334. The van der Waals surface area contributed by atoms with Crippen LogP contribution in [0.5, 0.6) is 0 Å². The van der Waals surface area contributed by atoms with E-state index < -0.39 is 0 Å². The van der Waals surface area contributed by atoms with E-state index in [1.807, 2.05) is 24.3 Å². The van der Waals surface area contributed by atoms with E-state index in [0.717, 1.165) is 5.56 Å². The second-order valence-electron chi connectivity index (χ2n) is 5.24. The first-order valence-corrected chi connectivity index (χ1v) is 8.25. The zero-order valence-electron chi connectivity index (χ0n) is 13.0. The molecule has 0 saturated heterocycles. The fourth-order valence-electron chi connectivity index (χ4n) is 2.07. The summed E-state index contributed by atoms with van der Waals surface area (Å²) in [7, 11) is 0. The van der Waals surface area contributed by atoms with Gasteiger partial charge < -0.3 is 10.6 Å². The van der Waals surface area contributed by atoms with Crippen LogP contribution in [0.15, 0.2) is 60.7 Å². The number of carbonyl (C=O) groups excluding carboxylic acids is 1. The molecule has 126 valence electrons. The monoisotopic (exact) mass is 372 g/mol. The zero-order valence-corrected chi connectivity index (χ0v) is 14.6. The van der Waals surface area contributed by atoms with E-state index in [4.69, 9.17) is 23.2 Å². The molecule has 0 radical (unpaired) electrons. The number of benzene rings is 2. The number of nitrogens with one attached hydrogen (secondary N) is 2. The normalized spacial score (nSPS) is 10.3. The first kappa shape index (κ1) is 17.2. The summed E-state index contributed by atoms with van der Waals surface area (Å²) in [6.07, 6.45) is 0. The summed E-state index contributed by atoms with van der Waals surface area (Å²) in [5, 5.41) is 15.1. The summed E-state index contributed by atoms with van der Waals surface area (Å²) in [5.74, 6) is 0.247. The number of rotatable bonds is 5. The fraction of sp³-hybridized carbons (Fsp3) is 0.0556. The lowest BCUT2D eigenvalue weighted by Gasteiger charge is -2.07. The van der Waals surface area contributed by atoms with Crippen molar-refractivity contribution >= 4 is 40.6 Å². The first-order chi connectivity index (χ1) is 12.1. The summed E-state index contributed by atoms with van der Waals surface area (Å²) >= 11 is 11.7. The SMILES string of the molecule is O=C(Nc1ccc(Cl)cc1)c1ccc(NCc2ccc(Cl)cc2)nn1. The highest BCUT2D eigenvalue weighted by Gasteiger charge is 2.08. The van der Waals surface area contributed by atoms with Crippen molar-refractivity contribution in [2.24, 2.45) is 0 Å². The van der Waals surface area contributed by atoms with Crippen LogP contribution in [-0.4, -0.2) is 16.1 Å². The van der Waals surface area contributed by atoms with Gasteiger partial charge in [-0.25, -0.2) is 0 Å². The largest absolute Gasteiger partial charge is 0.365 e. The van der Waals surface area contributed by atoms with Crippen LogP contribution in [0.4, 0.5) is 11.5 Å². The summed E-state index contributed by atoms with van der Waals surface area (Å²) in [6.45, 7) is 0.585. The number of hydrogen-bond acceptors (Lipinski definition) is 4. The highest BCUT2D eigenvalue weighted by atomic mass is 35.5. The van der Waals surface area contributed by atoms with Gasteiger partial charge in [0.05, 0.1) is 0 Å². The van der Waals surface area contributed by atoms with Gasteiger partial charge in [-0.3, -0.25) is 4.79 Å². The average molecular weight is 373 g/mol. The molecular formula is C18H14Cl2N4O. The minimum Gasteiger partial charge on any atom is -0.365 e. The van der Waals surface area contributed by atoms with E-state index in [2.05, 4.69) is 20.8 Å². The smallest absolute Gasteiger partial charge is 0.276 e. The third-order valence-corrected chi connectivity index (χ3v) is 3.89. The van der Waals surface area contributed by atoms with Crippen LogP contribution in [-0.2, 0) is 6.54 Å². The molecule has 2 N–H and O–H groups in total.